The van der Waals surface area contributed by atoms with E-state index in [1.807, 2.05) is 42.4 Å². The average molecular weight is 383 g/mol. The second kappa shape index (κ2) is 7.24. The van der Waals surface area contributed by atoms with Gasteiger partial charge in [-0.2, -0.15) is 0 Å². The molecule has 1 aromatic carbocycles. The zero-order valence-electron chi connectivity index (χ0n) is 15.6. The van der Waals surface area contributed by atoms with Crippen LogP contribution < -0.4 is 4.90 Å². The second-order valence-electron chi connectivity index (χ2n) is 7.18. The van der Waals surface area contributed by atoms with E-state index in [9.17, 15) is 4.79 Å². The molecule has 2 aromatic heterocycles. The first-order valence-corrected chi connectivity index (χ1v) is 9.59. The highest BCUT2D eigenvalue weighted by Gasteiger charge is 2.24. The van der Waals surface area contributed by atoms with Crippen molar-refractivity contribution in [3.05, 3.63) is 53.3 Å². The third-order valence-electron chi connectivity index (χ3n) is 5.54. The Kier molecular flexibility index (Phi) is 4.79. The molecule has 4 rings (SSSR count). The summed E-state index contributed by atoms with van der Waals surface area (Å²) in [4.78, 5) is 19.8. The van der Waals surface area contributed by atoms with Crippen molar-refractivity contribution in [1.29, 1.82) is 0 Å². The van der Waals surface area contributed by atoms with Crippen molar-refractivity contribution >= 4 is 40.4 Å². The van der Waals surface area contributed by atoms with Gasteiger partial charge in [-0.25, -0.2) is 4.98 Å². The number of halogens is 1. The average Bonchev–Trinajstić information content (AvgIpc) is 3.09. The molecule has 6 heteroatoms. The molecule has 140 valence electrons. The number of fused-ring (bicyclic) bond motifs is 1. The van der Waals surface area contributed by atoms with Gasteiger partial charge < -0.3 is 14.4 Å². The zero-order valence-corrected chi connectivity index (χ0v) is 16.4. The highest BCUT2D eigenvalue weighted by Crippen LogP contribution is 2.37. The van der Waals surface area contributed by atoms with Crippen molar-refractivity contribution in [2.45, 2.75) is 18.8 Å². The van der Waals surface area contributed by atoms with Gasteiger partial charge in [-0.05, 0) is 48.6 Å². The number of piperidine rings is 1. The van der Waals surface area contributed by atoms with Gasteiger partial charge in [0.05, 0.1) is 5.52 Å². The highest BCUT2D eigenvalue weighted by atomic mass is 35.5. The predicted octanol–water partition coefficient (Wildman–Crippen LogP) is 4.33. The van der Waals surface area contributed by atoms with Gasteiger partial charge in [0.15, 0.2) is 0 Å². The Morgan fingerprint density at radius 3 is 2.74 bits per heavy atom. The smallest absolute Gasteiger partial charge is 0.209 e. The second-order valence-corrected chi connectivity index (χ2v) is 7.62. The minimum absolute atomic E-state index is 0.426. The van der Waals surface area contributed by atoms with Crippen LogP contribution in [0.25, 0.3) is 10.9 Å². The maximum Gasteiger partial charge on any atom is 0.209 e. The first-order chi connectivity index (χ1) is 13.1. The molecule has 1 aliphatic heterocycles. The summed E-state index contributed by atoms with van der Waals surface area (Å²) in [5, 5.41) is 1.84. The quantitative estimate of drug-likeness (QED) is 0.630. The molecular formula is C21H23ClN4O. The van der Waals surface area contributed by atoms with Gasteiger partial charge in [-0.15, -0.1) is 0 Å². The number of aryl methyl sites for hydroxylation is 1. The summed E-state index contributed by atoms with van der Waals surface area (Å²) in [6.45, 7) is 1.62. The summed E-state index contributed by atoms with van der Waals surface area (Å²) in [5.41, 5.74) is 3.50. The minimum Gasteiger partial charge on any atom is -0.350 e. The third-order valence-corrected chi connectivity index (χ3v) is 5.78. The van der Waals surface area contributed by atoms with Crippen LogP contribution in [0.5, 0.6) is 0 Å². The molecule has 1 fully saturated rings. The molecule has 1 amide bonds. The van der Waals surface area contributed by atoms with E-state index in [2.05, 4.69) is 28.8 Å². The maximum absolute atomic E-state index is 11.0. The molecule has 0 bridgehead atoms. The lowest BCUT2D eigenvalue weighted by molar-refractivity contribution is -0.119. The van der Waals surface area contributed by atoms with E-state index in [-0.39, 0.29) is 0 Å². The monoisotopic (exact) mass is 382 g/mol. The van der Waals surface area contributed by atoms with E-state index in [4.69, 9.17) is 16.6 Å². The summed E-state index contributed by atoms with van der Waals surface area (Å²) in [6, 6.07) is 9.93. The molecule has 0 unspecified atom stereocenters. The Hall–Kier alpha value is -2.53. The maximum atomic E-state index is 11.0. The van der Waals surface area contributed by atoms with Crippen LogP contribution in [0.3, 0.4) is 0 Å². The third kappa shape index (κ3) is 3.28. The fourth-order valence-electron chi connectivity index (χ4n) is 4.02. The Balaban J connectivity index is 1.74. The number of carbonyl (C=O) groups is 1. The summed E-state index contributed by atoms with van der Waals surface area (Å²) >= 11 is 6.17. The number of likely N-dealkylation sites (tertiary alicyclic amines) is 1. The van der Waals surface area contributed by atoms with Gasteiger partial charge in [0.25, 0.3) is 0 Å². The van der Waals surface area contributed by atoms with Crippen LogP contribution in [-0.4, -0.2) is 41.0 Å². The number of carbonyl (C=O) groups excluding carboxylic acids is 1. The van der Waals surface area contributed by atoms with E-state index in [0.717, 1.165) is 49.2 Å². The molecule has 1 aliphatic rings. The lowest BCUT2D eigenvalue weighted by atomic mass is 9.89. The molecule has 3 aromatic rings. The number of anilines is 2. The van der Waals surface area contributed by atoms with Gasteiger partial charge in [0.2, 0.25) is 6.41 Å². The molecule has 0 aliphatic carbocycles. The van der Waals surface area contributed by atoms with Crippen LogP contribution in [0.15, 0.2) is 42.7 Å². The van der Waals surface area contributed by atoms with Gasteiger partial charge in [0, 0.05) is 55.7 Å². The van der Waals surface area contributed by atoms with Gasteiger partial charge in [-0.1, -0.05) is 17.7 Å². The van der Waals surface area contributed by atoms with Gasteiger partial charge in [0.1, 0.15) is 5.82 Å². The Morgan fingerprint density at radius 1 is 1.26 bits per heavy atom. The van der Waals surface area contributed by atoms with E-state index in [1.54, 1.807) is 0 Å². The van der Waals surface area contributed by atoms with E-state index in [0.29, 0.717) is 10.9 Å². The first kappa shape index (κ1) is 17.9. The van der Waals surface area contributed by atoms with Gasteiger partial charge in [-0.3, -0.25) is 4.79 Å². The van der Waals surface area contributed by atoms with Crippen molar-refractivity contribution in [3.63, 3.8) is 0 Å². The Labute approximate surface area is 164 Å². The molecule has 0 saturated carbocycles. The topological polar surface area (TPSA) is 41.4 Å². The standard InChI is InChI=1S/C21H23ClN4O/c1-24-9-8-18-20(24)19(15-6-10-26(14-27)11-7-15)13-23-21(18)25(2)17-5-3-4-16(22)12-17/h3-5,8-9,12-15H,6-7,10-11H2,1-2H3. The summed E-state index contributed by atoms with van der Waals surface area (Å²) in [7, 11) is 4.10. The summed E-state index contributed by atoms with van der Waals surface area (Å²) < 4.78 is 2.17. The number of benzene rings is 1. The molecule has 0 N–H and O–H groups in total. The SMILES string of the molecule is CN(c1cccc(Cl)c1)c1ncc(C2CCN(C=O)CC2)c2c1ccn2C. The van der Waals surface area contributed by atoms with Crippen LogP contribution in [0, 0.1) is 0 Å². The molecule has 27 heavy (non-hydrogen) atoms. The largest absolute Gasteiger partial charge is 0.350 e. The minimum atomic E-state index is 0.426. The fraction of sp³-hybridized carbons (Fsp3) is 0.333. The Morgan fingerprint density at radius 2 is 2.04 bits per heavy atom. The molecule has 5 nitrogen and oxygen atoms in total. The number of rotatable bonds is 4. The van der Waals surface area contributed by atoms with Crippen molar-refractivity contribution in [2.75, 3.05) is 25.0 Å². The van der Waals surface area contributed by atoms with Crippen molar-refractivity contribution in [2.24, 2.45) is 7.05 Å². The van der Waals surface area contributed by atoms with Crippen LogP contribution in [-0.2, 0) is 11.8 Å². The van der Waals surface area contributed by atoms with Crippen LogP contribution in [0.4, 0.5) is 11.5 Å². The summed E-state index contributed by atoms with van der Waals surface area (Å²) in [6.07, 6.45) is 7.01. The molecule has 0 radical (unpaired) electrons. The van der Waals surface area contributed by atoms with E-state index < -0.39 is 0 Å². The van der Waals surface area contributed by atoms with Crippen LogP contribution >= 0.6 is 11.6 Å². The predicted molar refractivity (Wildman–Crippen MR) is 110 cm³/mol. The number of hydrogen-bond donors (Lipinski definition) is 0. The fourth-order valence-corrected chi connectivity index (χ4v) is 4.20. The lowest BCUT2D eigenvalue weighted by Crippen LogP contribution is -2.31. The zero-order chi connectivity index (χ0) is 19.0. The molecule has 0 spiro atoms. The number of amides is 1. The molecule has 1 saturated heterocycles. The molecule has 0 atom stereocenters. The van der Waals surface area contributed by atoms with Crippen molar-refractivity contribution < 1.29 is 4.79 Å². The number of aromatic nitrogens is 2. The first-order valence-electron chi connectivity index (χ1n) is 9.21. The van der Waals surface area contributed by atoms with Crippen molar-refractivity contribution in [3.8, 4) is 0 Å². The Bertz CT molecular complexity index is 975. The van der Waals surface area contributed by atoms with Crippen LogP contribution in [0.1, 0.15) is 24.3 Å². The van der Waals surface area contributed by atoms with Crippen molar-refractivity contribution in [1.82, 2.24) is 14.5 Å². The van der Waals surface area contributed by atoms with Gasteiger partial charge >= 0.3 is 0 Å². The number of pyridine rings is 1. The van der Waals surface area contributed by atoms with Crippen LogP contribution in [0.2, 0.25) is 5.02 Å². The number of hydrogen-bond acceptors (Lipinski definition) is 3. The number of nitrogens with zero attached hydrogens (tertiary/aromatic N) is 4. The lowest BCUT2D eigenvalue weighted by Gasteiger charge is -2.30. The van der Waals surface area contributed by atoms with E-state index in [1.165, 1.54) is 11.1 Å². The molecular weight excluding hydrogens is 360 g/mol. The summed E-state index contributed by atoms with van der Waals surface area (Å²) in [5.74, 6) is 1.34. The highest BCUT2D eigenvalue weighted by molar-refractivity contribution is 6.30. The normalized spacial score (nSPS) is 15.3. The van der Waals surface area contributed by atoms with E-state index >= 15 is 0 Å². The molecule has 3 heterocycles.